The number of hydrogen-bond donors (Lipinski definition) is 2. The fourth-order valence-corrected chi connectivity index (χ4v) is 2.65. The summed E-state index contributed by atoms with van der Waals surface area (Å²) in [4.78, 5) is 19.7. The van der Waals surface area contributed by atoms with Gasteiger partial charge in [-0.1, -0.05) is 25.1 Å². The van der Waals surface area contributed by atoms with Gasteiger partial charge in [-0.3, -0.25) is 10.2 Å². The minimum atomic E-state index is -0.173. The van der Waals surface area contributed by atoms with E-state index in [1.807, 2.05) is 31.2 Å². The number of hydrazine groups is 1. The summed E-state index contributed by atoms with van der Waals surface area (Å²) in [6, 6.07) is 7.81. The van der Waals surface area contributed by atoms with Crippen LogP contribution >= 0.6 is 11.8 Å². The molecule has 0 bridgehead atoms. The molecular weight excluding hydrogens is 248 g/mol. The molecule has 1 heterocycles. The van der Waals surface area contributed by atoms with Crippen molar-refractivity contribution in [1.82, 2.24) is 15.4 Å². The molecule has 1 amide bonds. The lowest BCUT2D eigenvalue weighted by Crippen LogP contribution is -2.31. The zero-order valence-electron chi connectivity index (χ0n) is 9.96. The normalized spacial score (nSPS) is 12.3. The SMILES string of the molecule is CC(CC(=O)NN)Sc1ncnc2ccccc12. The van der Waals surface area contributed by atoms with E-state index in [2.05, 4.69) is 15.4 Å². The maximum absolute atomic E-state index is 11.2. The van der Waals surface area contributed by atoms with E-state index in [1.54, 1.807) is 18.1 Å². The van der Waals surface area contributed by atoms with Gasteiger partial charge in [0.2, 0.25) is 5.91 Å². The molecule has 5 nitrogen and oxygen atoms in total. The largest absolute Gasteiger partial charge is 0.294 e. The molecule has 3 N–H and O–H groups in total. The number of para-hydroxylation sites is 1. The summed E-state index contributed by atoms with van der Waals surface area (Å²) in [6.45, 7) is 1.97. The molecular formula is C12H14N4OS. The van der Waals surface area contributed by atoms with Crippen LogP contribution in [0, 0.1) is 0 Å². The number of rotatable bonds is 4. The third kappa shape index (κ3) is 2.96. The summed E-state index contributed by atoms with van der Waals surface area (Å²) in [7, 11) is 0. The molecule has 0 aliphatic rings. The van der Waals surface area contributed by atoms with Crippen molar-refractivity contribution in [2.24, 2.45) is 5.84 Å². The smallest absolute Gasteiger partial charge is 0.234 e. The number of nitrogens with two attached hydrogens (primary N) is 1. The van der Waals surface area contributed by atoms with Crippen molar-refractivity contribution in [1.29, 1.82) is 0 Å². The van der Waals surface area contributed by atoms with Gasteiger partial charge in [0.05, 0.1) is 5.52 Å². The molecule has 0 saturated carbocycles. The van der Waals surface area contributed by atoms with Gasteiger partial charge in [0.1, 0.15) is 11.4 Å². The Kier molecular flexibility index (Phi) is 4.11. The highest BCUT2D eigenvalue weighted by molar-refractivity contribution is 8.00. The summed E-state index contributed by atoms with van der Waals surface area (Å²) in [5.74, 6) is 4.90. The summed E-state index contributed by atoms with van der Waals surface area (Å²) >= 11 is 1.55. The Bertz CT molecular complexity index is 555. The minimum absolute atomic E-state index is 0.104. The van der Waals surface area contributed by atoms with Gasteiger partial charge in [-0.2, -0.15) is 0 Å². The molecule has 94 valence electrons. The lowest BCUT2D eigenvalue weighted by atomic mass is 10.2. The number of fused-ring (bicyclic) bond motifs is 1. The number of aromatic nitrogens is 2. The topological polar surface area (TPSA) is 80.9 Å². The fraction of sp³-hybridized carbons (Fsp3) is 0.250. The summed E-state index contributed by atoms with van der Waals surface area (Å²) in [5, 5.41) is 2.00. The highest BCUT2D eigenvalue weighted by Gasteiger charge is 2.12. The maximum atomic E-state index is 11.2. The number of thioether (sulfide) groups is 1. The van der Waals surface area contributed by atoms with Crippen LogP contribution in [0.2, 0.25) is 0 Å². The molecule has 6 heteroatoms. The highest BCUT2D eigenvalue weighted by atomic mass is 32.2. The van der Waals surface area contributed by atoms with Crippen LogP contribution in [0.15, 0.2) is 35.6 Å². The Labute approximate surface area is 109 Å². The average molecular weight is 262 g/mol. The maximum Gasteiger partial charge on any atom is 0.234 e. The molecule has 0 aliphatic heterocycles. The predicted octanol–water partition coefficient (Wildman–Crippen LogP) is 1.49. The predicted molar refractivity (Wildman–Crippen MR) is 71.8 cm³/mol. The van der Waals surface area contributed by atoms with Crippen molar-refractivity contribution in [3.05, 3.63) is 30.6 Å². The van der Waals surface area contributed by atoms with E-state index < -0.39 is 0 Å². The Balaban J connectivity index is 2.19. The first-order valence-corrected chi connectivity index (χ1v) is 6.44. The third-order valence-corrected chi connectivity index (χ3v) is 3.57. The van der Waals surface area contributed by atoms with Crippen molar-refractivity contribution >= 4 is 28.6 Å². The van der Waals surface area contributed by atoms with Crippen LogP contribution in [0.4, 0.5) is 0 Å². The van der Waals surface area contributed by atoms with Gasteiger partial charge in [0.25, 0.3) is 0 Å². The van der Waals surface area contributed by atoms with Crippen molar-refractivity contribution in [2.75, 3.05) is 0 Å². The molecule has 0 saturated heterocycles. The van der Waals surface area contributed by atoms with E-state index >= 15 is 0 Å². The molecule has 2 aromatic rings. The van der Waals surface area contributed by atoms with Crippen molar-refractivity contribution in [3.63, 3.8) is 0 Å². The molecule has 18 heavy (non-hydrogen) atoms. The summed E-state index contributed by atoms with van der Waals surface area (Å²) < 4.78 is 0. The molecule has 1 atom stereocenters. The highest BCUT2D eigenvalue weighted by Crippen LogP contribution is 2.28. The van der Waals surface area contributed by atoms with Crippen molar-refractivity contribution < 1.29 is 4.79 Å². The minimum Gasteiger partial charge on any atom is -0.294 e. The molecule has 1 unspecified atom stereocenters. The molecule has 2 rings (SSSR count). The Morgan fingerprint density at radius 1 is 1.44 bits per heavy atom. The monoisotopic (exact) mass is 262 g/mol. The van der Waals surface area contributed by atoms with Crippen molar-refractivity contribution in [3.8, 4) is 0 Å². The molecule has 0 fully saturated rings. The molecule has 1 aromatic carbocycles. The average Bonchev–Trinajstić information content (AvgIpc) is 2.39. The standard InChI is InChI=1S/C12H14N4OS/c1-8(6-11(17)16-13)18-12-9-4-2-3-5-10(9)14-7-15-12/h2-5,7-8H,6,13H2,1H3,(H,16,17). The van der Waals surface area contributed by atoms with E-state index in [0.29, 0.717) is 6.42 Å². The Hall–Kier alpha value is -1.66. The molecule has 0 spiro atoms. The van der Waals surface area contributed by atoms with Gasteiger partial charge in [-0.15, -0.1) is 11.8 Å². The Morgan fingerprint density at radius 3 is 3.00 bits per heavy atom. The van der Waals surface area contributed by atoms with Crippen molar-refractivity contribution in [2.45, 2.75) is 23.6 Å². The number of carbonyl (C=O) groups excluding carboxylic acids is 1. The summed E-state index contributed by atoms with van der Waals surface area (Å²) in [6.07, 6.45) is 1.90. The van der Waals surface area contributed by atoms with E-state index in [1.165, 1.54) is 0 Å². The first-order valence-electron chi connectivity index (χ1n) is 5.56. The fourth-order valence-electron chi connectivity index (χ4n) is 1.63. The number of amides is 1. The number of benzene rings is 1. The summed E-state index contributed by atoms with van der Waals surface area (Å²) in [5.41, 5.74) is 3.04. The van der Waals surface area contributed by atoms with Crippen LogP contribution < -0.4 is 11.3 Å². The first-order chi connectivity index (χ1) is 8.70. The van der Waals surface area contributed by atoms with Gasteiger partial charge < -0.3 is 0 Å². The molecule has 0 radical (unpaired) electrons. The lowest BCUT2D eigenvalue weighted by Gasteiger charge is -2.10. The molecule has 1 aromatic heterocycles. The van der Waals surface area contributed by atoms with Crippen LogP contribution in [-0.2, 0) is 4.79 Å². The van der Waals surface area contributed by atoms with Gasteiger partial charge in [-0.05, 0) is 6.07 Å². The second-order valence-corrected chi connectivity index (χ2v) is 5.32. The molecule has 0 aliphatic carbocycles. The van der Waals surface area contributed by atoms with E-state index in [9.17, 15) is 4.79 Å². The van der Waals surface area contributed by atoms with E-state index in [-0.39, 0.29) is 11.2 Å². The quantitative estimate of drug-likeness (QED) is 0.287. The number of hydrogen-bond acceptors (Lipinski definition) is 5. The van der Waals surface area contributed by atoms with Gasteiger partial charge in [0.15, 0.2) is 0 Å². The van der Waals surface area contributed by atoms with Gasteiger partial charge >= 0.3 is 0 Å². The van der Waals surface area contributed by atoms with Crippen LogP contribution in [-0.4, -0.2) is 21.1 Å². The second-order valence-electron chi connectivity index (χ2n) is 3.90. The van der Waals surface area contributed by atoms with E-state index in [0.717, 1.165) is 15.9 Å². The first kappa shape index (κ1) is 12.8. The number of nitrogens with zero attached hydrogens (tertiary/aromatic N) is 2. The van der Waals surface area contributed by atoms with Crippen LogP contribution in [0.5, 0.6) is 0 Å². The zero-order chi connectivity index (χ0) is 13.0. The third-order valence-electron chi connectivity index (χ3n) is 2.45. The zero-order valence-corrected chi connectivity index (χ0v) is 10.8. The number of nitrogens with one attached hydrogen (secondary N) is 1. The Morgan fingerprint density at radius 2 is 2.22 bits per heavy atom. The van der Waals surface area contributed by atoms with Gasteiger partial charge in [0, 0.05) is 17.1 Å². The van der Waals surface area contributed by atoms with E-state index in [4.69, 9.17) is 5.84 Å². The van der Waals surface area contributed by atoms with Crippen LogP contribution in [0.1, 0.15) is 13.3 Å². The second kappa shape index (κ2) is 5.79. The van der Waals surface area contributed by atoms with Crippen LogP contribution in [0.3, 0.4) is 0 Å². The van der Waals surface area contributed by atoms with Crippen LogP contribution in [0.25, 0.3) is 10.9 Å². The van der Waals surface area contributed by atoms with Gasteiger partial charge in [-0.25, -0.2) is 15.8 Å². The number of carbonyl (C=O) groups is 1. The lowest BCUT2D eigenvalue weighted by molar-refractivity contribution is -0.121.